The maximum atomic E-state index is 12.0. The van der Waals surface area contributed by atoms with Crippen molar-refractivity contribution < 1.29 is 14.3 Å². The maximum absolute atomic E-state index is 12.0. The van der Waals surface area contributed by atoms with Gasteiger partial charge in [0.2, 0.25) is 5.91 Å². The standard InChI is InChI=1S/C16H16N2O3S/c1-3-17-15(20)14(21-16(17)22)10-7-11-18(12(2)19)13-8-5-4-6-9-13/h4-11H,3H2,1-2H3/b11-7+,14-10+. The van der Waals surface area contributed by atoms with E-state index in [1.54, 1.807) is 12.3 Å². The van der Waals surface area contributed by atoms with E-state index >= 15 is 0 Å². The lowest BCUT2D eigenvalue weighted by molar-refractivity contribution is -0.122. The van der Waals surface area contributed by atoms with Crippen LogP contribution in [-0.2, 0) is 14.3 Å². The second-order valence-corrected chi connectivity index (χ2v) is 4.86. The third-order valence-corrected chi connectivity index (χ3v) is 3.35. The zero-order chi connectivity index (χ0) is 16.1. The summed E-state index contributed by atoms with van der Waals surface area (Å²) >= 11 is 4.97. The van der Waals surface area contributed by atoms with Crippen molar-refractivity contribution in [3.05, 3.63) is 54.4 Å². The second kappa shape index (κ2) is 7.00. The molecule has 0 saturated carbocycles. The summed E-state index contributed by atoms with van der Waals surface area (Å²) in [7, 11) is 0. The molecule has 1 aromatic rings. The summed E-state index contributed by atoms with van der Waals surface area (Å²) in [5.41, 5.74) is 0.744. The van der Waals surface area contributed by atoms with E-state index in [4.69, 9.17) is 17.0 Å². The summed E-state index contributed by atoms with van der Waals surface area (Å²) in [6.07, 6.45) is 4.67. The Bertz CT molecular complexity index is 653. The van der Waals surface area contributed by atoms with E-state index in [0.717, 1.165) is 5.69 Å². The second-order valence-electron chi connectivity index (χ2n) is 4.51. The highest BCUT2D eigenvalue weighted by molar-refractivity contribution is 7.80. The van der Waals surface area contributed by atoms with Crippen LogP contribution in [0.25, 0.3) is 0 Å². The highest BCUT2D eigenvalue weighted by Gasteiger charge is 2.31. The molecule has 1 aromatic carbocycles. The molecule has 1 aliphatic rings. The number of nitrogens with zero attached hydrogens (tertiary/aromatic N) is 2. The molecular weight excluding hydrogens is 300 g/mol. The summed E-state index contributed by atoms with van der Waals surface area (Å²) in [6, 6.07) is 9.21. The minimum atomic E-state index is -0.272. The quantitative estimate of drug-likeness (QED) is 0.633. The molecule has 0 radical (unpaired) electrons. The zero-order valence-electron chi connectivity index (χ0n) is 12.4. The van der Waals surface area contributed by atoms with Gasteiger partial charge in [-0.1, -0.05) is 18.2 Å². The minimum Gasteiger partial charge on any atom is -0.426 e. The molecule has 2 amide bonds. The number of hydrogen-bond acceptors (Lipinski definition) is 4. The lowest BCUT2D eigenvalue weighted by Crippen LogP contribution is -2.27. The number of carbonyl (C=O) groups is 2. The van der Waals surface area contributed by atoms with E-state index < -0.39 is 0 Å². The average molecular weight is 316 g/mol. The first kappa shape index (κ1) is 15.9. The molecule has 0 aliphatic carbocycles. The van der Waals surface area contributed by atoms with Gasteiger partial charge in [0.25, 0.3) is 11.1 Å². The van der Waals surface area contributed by atoms with Crippen LogP contribution in [0, 0.1) is 0 Å². The number of likely N-dealkylation sites (N-methyl/N-ethyl adjacent to an activating group) is 1. The largest absolute Gasteiger partial charge is 0.426 e. The smallest absolute Gasteiger partial charge is 0.297 e. The monoisotopic (exact) mass is 316 g/mol. The van der Waals surface area contributed by atoms with Gasteiger partial charge in [-0.3, -0.25) is 19.4 Å². The molecule has 6 heteroatoms. The highest BCUT2D eigenvalue weighted by Crippen LogP contribution is 2.17. The third-order valence-electron chi connectivity index (χ3n) is 3.05. The Hall–Kier alpha value is -2.47. The van der Waals surface area contributed by atoms with Crippen LogP contribution in [0.3, 0.4) is 0 Å². The lowest BCUT2D eigenvalue weighted by atomic mass is 10.3. The number of hydrogen-bond donors (Lipinski definition) is 0. The fraction of sp³-hybridized carbons (Fsp3) is 0.188. The molecule has 22 heavy (non-hydrogen) atoms. The molecular formula is C16H16N2O3S. The minimum absolute atomic E-state index is 0.134. The summed E-state index contributed by atoms with van der Waals surface area (Å²) in [5, 5.41) is 0.152. The molecule has 0 unspecified atom stereocenters. The molecule has 0 N–H and O–H groups in total. The van der Waals surface area contributed by atoms with Gasteiger partial charge >= 0.3 is 0 Å². The highest BCUT2D eigenvalue weighted by atomic mass is 32.1. The normalized spacial score (nSPS) is 16.5. The lowest BCUT2D eigenvalue weighted by Gasteiger charge is -2.15. The molecule has 1 saturated heterocycles. The number of amides is 2. The van der Waals surface area contributed by atoms with Crippen molar-refractivity contribution in [2.45, 2.75) is 13.8 Å². The van der Waals surface area contributed by atoms with Crippen molar-refractivity contribution in [3.63, 3.8) is 0 Å². The fourth-order valence-corrected chi connectivity index (χ4v) is 2.27. The number of ether oxygens (including phenoxy) is 1. The number of para-hydroxylation sites is 1. The number of rotatable bonds is 4. The van der Waals surface area contributed by atoms with Gasteiger partial charge < -0.3 is 4.74 Å². The third kappa shape index (κ3) is 3.40. The molecule has 0 aromatic heterocycles. The molecule has 1 fully saturated rings. The van der Waals surface area contributed by atoms with Crippen molar-refractivity contribution in [1.82, 2.24) is 4.90 Å². The van der Waals surface area contributed by atoms with Gasteiger partial charge in [-0.15, -0.1) is 0 Å². The van der Waals surface area contributed by atoms with Crippen molar-refractivity contribution in [2.24, 2.45) is 0 Å². The van der Waals surface area contributed by atoms with Gasteiger partial charge in [-0.05, 0) is 43.4 Å². The van der Waals surface area contributed by atoms with E-state index in [1.807, 2.05) is 37.3 Å². The Morgan fingerprint density at radius 3 is 2.59 bits per heavy atom. The van der Waals surface area contributed by atoms with Crippen molar-refractivity contribution in [3.8, 4) is 0 Å². The Kier molecular flexibility index (Phi) is 5.06. The Balaban J connectivity index is 2.17. The zero-order valence-corrected chi connectivity index (χ0v) is 13.2. The maximum Gasteiger partial charge on any atom is 0.297 e. The van der Waals surface area contributed by atoms with Crippen LogP contribution in [0.5, 0.6) is 0 Å². The van der Waals surface area contributed by atoms with Crippen molar-refractivity contribution in [2.75, 3.05) is 11.4 Å². The van der Waals surface area contributed by atoms with Gasteiger partial charge in [0.1, 0.15) is 0 Å². The molecule has 1 aliphatic heterocycles. The van der Waals surface area contributed by atoms with Gasteiger partial charge in [-0.25, -0.2) is 0 Å². The molecule has 1 heterocycles. The van der Waals surface area contributed by atoms with Crippen LogP contribution in [-0.4, -0.2) is 28.4 Å². The average Bonchev–Trinajstić information content (AvgIpc) is 2.78. The van der Waals surface area contributed by atoms with Crippen LogP contribution in [0.15, 0.2) is 54.4 Å². The predicted octanol–water partition coefficient (Wildman–Crippen LogP) is 2.60. The molecule has 0 atom stereocenters. The van der Waals surface area contributed by atoms with Crippen LogP contribution < -0.4 is 4.90 Å². The van der Waals surface area contributed by atoms with E-state index in [0.29, 0.717) is 6.54 Å². The SMILES string of the molecule is CCN1C(=O)/C(=C\C=C\N(C(C)=O)c2ccccc2)OC1=S. The van der Waals surface area contributed by atoms with E-state index in [-0.39, 0.29) is 22.7 Å². The van der Waals surface area contributed by atoms with Crippen LogP contribution >= 0.6 is 12.2 Å². The first-order valence-corrected chi connectivity index (χ1v) is 7.22. The number of anilines is 1. The van der Waals surface area contributed by atoms with Gasteiger partial charge in [-0.2, -0.15) is 0 Å². The van der Waals surface area contributed by atoms with E-state index in [1.165, 1.54) is 22.8 Å². The first-order chi connectivity index (χ1) is 10.5. The molecule has 5 nitrogen and oxygen atoms in total. The summed E-state index contributed by atoms with van der Waals surface area (Å²) in [4.78, 5) is 26.5. The summed E-state index contributed by atoms with van der Waals surface area (Å²) in [6.45, 7) is 3.75. The van der Waals surface area contributed by atoms with Crippen LogP contribution in [0.1, 0.15) is 13.8 Å². The molecule has 0 spiro atoms. The summed E-state index contributed by atoms with van der Waals surface area (Å²) in [5.74, 6) is -0.254. The number of allylic oxidation sites excluding steroid dienone is 2. The predicted molar refractivity (Wildman–Crippen MR) is 87.9 cm³/mol. The molecule has 0 bridgehead atoms. The summed E-state index contributed by atoms with van der Waals surface area (Å²) < 4.78 is 5.24. The number of carbonyl (C=O) groups excluding carboxylic acids is 2. The van der Waals surface area contributed by atoms with Gasteiger partial charge in [0.15, 0.2) is 5.76 Å². The Morgan fingerprint density at radius 1 is 1.36 bits per heavy atom. The van der Waals surface area contributed by atoms with E-state index in [2.05, 4.69) is 0 Å². The topological polar surface area (TPSA) is 49.9 Å². The van der Waals surface area contributed by atoms with Crippen LogP contribution in [0.2, 0.25) is 0 Å². The Labute approximate surface area is 134 Å². The fourth-order valence-electron chi connectivity index (χ4n) is 1.96. The molecule has 114 valence electrons. The number of benzene rings is 1. The van der Waals surface area contributed by atoms with Gasteiger partial charge in [0.05, 0.1) is 0 Å². The first-order valence-electron chi connectivity index (χ1n) is 6.81. The van der Waals surface area contributed by atoms with Crippen molar-refractivity contribution in [1.29, 1.82) is 0 Å². The van der Waals surface area contributed by atoms with Gasteiger partial charge in [0, 0.05) is 25.4 Å². The van der Waals surface area contributed by atoms with E-state index in [9.17, 15) is 9.59 Å². The van der Waals surface area contributed by atoms with Crippen LogP contribution in [0.4, 0.5) is 5.69 Å². The molecule has 2 rings (SSSR count). The number of thiocarbonyl (C=S) groups is 1. The van der Waals surface area contributed by atoms with Crippen molar-refractivity contribution >= 4 is 34.9 Å². The Morgan fingerprint density at radius 2 is 2.05 bits per heavy atom.